The lowest BCUT2D eigenvalue weighted by Crippen LogP contribution is -2.19. The van der Waals surface area contributed by atoms with Crippen LogP contribution in [0.4, 0.5) is 0 Å². The van der Waals surface area contributed by atoms with E-state index in [0.717, 1.165) is 20.4 Å². The highest BCUT2D eigenvalue weighted by Crippen LogP contribution is 2.27. The second-order valence-electron chi connectivity index (χ2n) is 7.01. The van der Waals surface area contributed by atoms with Gasteiger partial charge >= 0.3 is 0 Å². The number of benzene rings is 2. The van der Waals surface area contributed by atoms with Gasteiger partial charge in [0, 0.05) is 14.1 Å². The molecule has 0 atom stereocenters. The summed E-state index contributed by atoms with van der Waals surface area (Å²) >= 11 is 2.75. The lowest BCUT2D eigenvalue weighted by Gasteiger charge is -2.03. The third-order valence-corrected chi connectivity index (χ3v) is 7.10. The van der Waals surface area contributed by atoms with E-state index in [1.54, 1.807) is 23.4 Å². The van der Waals surface area contributed by atoms with Crippen LogP contribution in [-0.4, -0.2) is 48.4 Å². The number of rotatable bonds is 6. The number of aromatic nitrogens is 2. The van der Waals surface area contributed by atoms with Crippen molar-refractivity contribution in [3.63, 3.8) is 0 Å². The van der Waals surface area contributed by atoms with Crippen molar-refractivity contribution in [1.82, 2.24) is 9.13 Å². The first kappa shape index (κ1) is 22.9. The smallest absolute Gasteiger partial charge is 0.274 e. The van der Waals surface area contributed by atoms with Crippen LogP contribution in [-0.2, 0) is 28.4 Å². The first-order chi connectivity index (χ1) is 15.9. The van der Waals surface area contributed by atoms with Gasteiger partial charge in [-0.2, -0.15) is 9.98 Å². The molecule has 4 rings (SSSR count). The number of aryl methyl sites for hydroxylation is 2. The van der Waals surface area contributed by atoms with Gasteiger partial charge in [-0.05, 0) is 24.3 Å². The van der Waals surface area contributed by atoms with E-state index < -0.39 is 11.8 Å². The average molecular weight is 487 g/mol. The number of ether oxygens (including phenoxy) is 3. The zero-order valence-electron chi connectivity index (χ0n) is 18.5. The van der Waals surface area contributed by atoms with Gasteiger partial charge in [0.15, 0.2) is 9.60 Å². The number of carbonyl (C=O) groups excluding carboxylic acids is 2. The van der Waals surface area contributed by atoms with Gasteiger partial charge < -0.3 is 23.3 Å². The predicted molar refractivity (Wildman–Crippen MR) is 127 cm³/mol. The van der Waals surface area contributed by atoms with Gasteiger partial charge in [0.2, 0.25) is 0 Å². The van der Waals surface area contributed by atoms with Crippen molar-refractivity contribution in [2.75, 3.05) is 27.4 Å². The number of thiazole rings is 2. The van der Waals surface area contributed by atoms with E-state index >= 15 is 0 Å². The number of fused-ring (bicyclic) bond motifs is 2. The van der Waals surface area contributed by atoms with Gasteiger partial charge in [-0.1, -0.05) is 34.8 Å². The predicted octanol–water partition coefficient (Wildman–Crippen LogP) is 2.38. The first-order valence-electron chi connectivity index (χ1n) is 9.91. The van der Waals surface area contributed by atoms with Crippen LogP contribution in [0.5, 0.6) is 11.5 Å². The molecule has 4 aromatic rings. The largest absolute Gasteiger partial charge is 0.495 e. The summed E-state index contributed by atoms with van der Waals surface area (Å²) in [5.74, 6) is 0.438. The number of nitrogens with zero attached hydrogens (tertiary/aromatic N) is 4. The van der Waals surface area contributed by atoms with E-state index in [2.05, 4.69) is 9.98 Å². The van der Waals surface area contributed by atoms with E-state index in [1.807, 2.05) is 50.5 Å². The molecule has 2 heterocycles. The SMILES string of the molecule is COc1cccc2sc(=NC(=O)COCC(=O)N=c3sc4cccc(OC)c4n3C)n(C)c12. The Hall–Kier alpha value is -3.28. The summed E-state index contributed by atoms with van der Waals surface area (Å²) in [4.78, 5) is 33.9. The van der Waals surface area contributed by atoms with Gasteiger partial charge in [0.25, 0.3) is 11.8 Å². The third-order valence-electron chi connectivity index (χ3n) is 4.90. The molecule has 172 valence electrons. The maximum atomic E-state index is 12.3. The van der Waals surface area contributed by atoms with E-state index in [9.17, 15) is 9.59 Å². The van der Waals surface area contributed by atoms with Crippen molar-refractivity contribution in [2.24, 2.45) is 24.1 Å². The molecule has 33 heavy (non-hydrogen) atoms. The maximum Gasteiger partial charge on any atom is 0.274 e. The van der Waals surface area contributed by atoms with Gasteiger partial charge in [-0.15, -0.1) is 0 Å². The van der Waals surface area contributed by atoms with Crippen LogP contribution in [0.15, 0.2) is 46.4 Å². The summed E-state index contributed by atoms with van der Waals surface area (Å²) < 4.78 is 21.5. The van der Waals surface area contributed by atoms with Gasteiger partial charge in [-0.25, -0.2) is 0 Å². The third kappa shape index (κ3) is 4.61. The fourth-order valence-electron chi connectivity index (χ4n) is 3.38. The van der Waals surface area contributed by atoms with E-state index in [4.69, 9.17) is 14.2 Å². The molecular weight excluding hydrogens is 464 g/mol. The van der Waals surface area contributed by atoms with Crippen molar-refractivity contribution in [2.45, 2.75) is 0 Å². The Bertz CT molecular complexity index is 1380. The summed E-state index contributed by atoms with van der Waals surface area (Å²) in [7, 11) is 6.83. The average Bonchev–Trinajstić information content (AvgIpc) is 3.30. The zero-order chi connectivity index (χ0) is 23.5. The maximum absolute atomic E-state index is 12.3. The summed E-state index contributed by atoms with van der Waals surface area (Å²) in [6.45, 7) is -0.641. The molecule has 0 aliphatic heterocycles. The Morgan fingerprint density at radius 3 is 1.61 bits per heavy atom. The molecule has 2 amide bonds. The van der Waals surface area contributed by atoms with E-state index in [0.29, 0.717) is 21.1 Å². The fraction of sp³-hybridized carbons (Fsp3) is 0.273. The second kappa shape index (κ2) is 9.69. The highest BCUT2D eigenvalue weighted by atomic mass is 32.1. The molecule has 11 heteroatoms. The first-order valence-corrected chi connectivity index (χ1v) is 11.5. The topological polar surface area (TPSA) is 96.4 Å². The molecule has 0 unspecified atom stereocenters. The number of methoxy groups -OCH3 is 2. The molecule has 2 aromatic carbocycles. The van der Waals surface area contributed by atoms with Gasteiger partial charge in [0.1, 0.15) is 35.7 Å². The summed E-state index contributed by atoms with van der Waals surface area (Å²) in [6, 6.07) is 11.3. The molecule has 0 saturated carbocycles. The van der Waals surface area contributed by atoms with Crippen molar-refractivity contribution in [3.05, 3.63) is 46.0 Å². The normalized spacial score (nSPS) is 12.6. The Morgan fingerprint density at radius 1 is 0.788 bits per heavy atom. The summed E-state index contributed by atoms with van der Waals surface area (Å²) in [5, 5.41) is 0. The minimum absolute atomic E-state index is 0.320. The van der Waals surface area contributed by atoms with Crippen molar-refractivity contribution >= 4 is 54.9 Å². The minimum atomic E-state index is -0.485. The van der Waals surface area contributed by atoms with Crippen LogP contribution >= 0.6 is 22.7 Å². The number of amides is 2. The van der Waals surface area contributed by atoms with Crippen molar-refractivity contribution < 1.29 is 23.8 Å². The molecule has 0 aliphatic carbocycles. The molecule has 0 bridgehead atoms. The van der Waals surface area contributed by atoms with E-state index in [1.165, 1.54) is 22.7 Å². The van der Waals surface area contributed by atoms with Gasteiger partial charge in [-0.3, -0.25) is 9.59 Å². The Balaban J connectivity index is 1.45. The Kier molecular flexibility index (Phi) is 6.72. The molecule has 2 aromatic heterocycles. The lowest BCUT2D eigenvalue weighted by molar-refractivity contribution is -0.127. The number of carbonyl (C=O) groups is 2. The molecule has 0 spiro atoms. The number of para-hydroxylation sites is 2. The number of hydrogen-bond acceptors (Lipinski definition) is 7. The van der Waals surface area contributed by atoms with E-state index in [-0.39, 0.29) is 13.2 Å². The summed E-state index contributed by atoms with van der Waals surface area (Å²) in [6.07, 6.45) is 0. The molecular formula is C22H22N4O5S2. The van der Waals surface area contributed by atoms with Crippen LogP contribution in [0, 0.1) is 0 Å². The molecule has 0 fully saturated rings. The zero-order valence-corrected chi connectivity index (χ0v) is 20.2. The monoisotopic (exact) mass is 486 g/mol. The molecule has 0 aliphatic rings. The highest BCUT2D eigenvalue weighted by Gasteiger charge is 2.12. The van der Waals surface area contributed by atoms with Crippen molar-refractivity contribution in [1.29, 1.82) is 0 Å². The van der Waals surface area contributed by atoms with Crippen LogP contribution in [0.2, 0.25) is 0 Å². The Morgan fingerprint density at radius 2 is 1.21 bits per heavy atom. The molecule has 0 saturated heterocycles. The molecule has 9 nitrogen and oxygen atoms in total. The number of hydrogen-bond donors (Lipinski definition) is 0. The fourth-order valence-corrected chi connectivity index (χ4v) is 5.49. The van der Waals surface area contributed by atoms with Crippen LogP contribution in [0.1, 0.15) is 0 Å². The second-order valence-corrected chi connectivity index (χ2v) is 9.02. The Labute approximate surface area is 196 Å². The highest BCUT2D eigenvalue weighted by molar-refractivity contribution is 7.16. The molecule has 0 radical (unpaired) electrons. The lowest BCUT2D eigenvalue weighted by atomic mass is 10.3. The quantitative estimate of drug-likeness (QED) is 0.417. The van der Waals surface area contributed by atoms with Crippen LogP contribution < -0.4 is 19.1 Å². The molecule has 0 N–H and O–H groups in total. The van der Waals surface area contributed by atoms with Crippen LogP contribution in [0.3, 0.4) is 0 Å². The standard InChI is InChI=1S/C22H22N4O5S2/c1-25-19-13(29-3)7-5-9-15(19)32-21(25)23-17(27)11-31-12-18(28)24-22-26(2)20-14(30-4)8-6-10-16(20)33-22/h5-10H,11-12H2,1-4H3. The van der Waals surface area contributed by atoms with Crippen molar-refractivity contribution in [3.8, 4) is 11.5 Å². The minimum Gasteiger partial charge on any atom is -0.495 e. The van der Waals surface area contributed by atoms with Gasteiger partial charge in [0.05, 0.1) is 23.6 Å². The summed E-state index contributed by atoms with van der Waals surface area (Å²) in [5.41, 5.74) is 1.72. The van der Waals surface area contributed by atoms with Crippen LogP contribution in [0.25, 0.3) is 20.4 Å².